The predicted octanol–water partition coefficient (Wildman–Crippen LogP) is 3.01. The molecule has 140 valence electrons. The van der Waals surface area contributed by atoms with E-state index < -0.39 is 6.10 Å². The Kier molecular flexibility index (Phi) is 7.82. The molecule has 1 unspecified atom stereocenters. The molecular weight excluding hydrogens is 324 g/mol. The molecule has 1 atom stereocenters. The van der Waals surface area contributed by atoms with E-state index in [2.05, 4.69) is 17.6 Å². The van der Waals surface area contributed by atoms with Gasteiger partial charge in [0.15, 0.2) is 0 Å². The average Bonchev–Trinajstić information content (AvgIpc) is 2.91. The van der Waals surface area contributed by atoms with Crippen LogP contribution in [0.1, 0.15) is 20.3 Å². The van der Waals surface area contributed by atoms with Crippen molar-refractivity contribution in [2.24, 2.45) is 0 Å². The Morgan fingerprint density at radius 1 is 1.19 bits per heavy atom. The van der Waals surface area contributed by atoms with Crippen LogP contribution >= 0.6 is 0 Å². The van der Waals surface area contributed by atoms with Crippen molar-refractivity contribution in [3.05, 3.63) is 71.9 Å². The summed E-state index contributed by atoms with van der Waals surface area (Å²) in [5, 5.41) is 10.6. The maximum absolute atomic E-state index is 12.6. The lowest BCUT2D eigenvalue weighted by molar-refractivity contribution is -0.126. The zero-order chi connectivity index (χ0) is 18.9. The van der Waals surface area contributed by atoms with Gasteiger partial charge in [-0.25, -0.2) is 0 Å². The summed E-state index contributed by atoms with van der Waals surface area (Å²) in [4.78, 5) is 16.6. The molecule has 4 nitrogen and oxygen atoms in total. The van der Waals surface area contributed by atoms with Crippen molar-refractivity contribution in [1.82, 2.24) is 9.80 Å². The molecule has 0 saturated heterocycles. The summed E-state index contributed by atoms with van der Waals surface area (Å²) in [7, 11) is 0. The molecular formula is C22H30N2O2. The van der Waals surface area contributed by atoms with Gasteiger partial charge in [0.05, 0.1) is 6.10 Å². The minimum atomic E-state index is -0.586. The number of hydrogen-bond acceptors (Lipinski definition) is 3. The minimum absolute atomic E-state index is 0.00464. The number of β-amino-alcohol motifs (C(OH)–C–C–N with tert-alkyl or cyclic N) is 1. The van der Waals surface area contributed by atoms with Crippen molar-refractivity contribution in [3.8, 4) is 0 Å². The smallest absolute Gasteiger partial charge is 0.254 e. The van der Waals surface area contributed by atoms with Gasteiger partial charge in [-0.15, -0.1) is 0 Å². The molecule has 0 radical (unpaired) electrons. The van der Waals surface area contributed by atoms with E-state index >= 15 is 0 Å². The third-order valence-electron chi connectivity index (χ3n) is 4.44. The number of allylic oxidation sites excluding steroid dienone is 4. The minimum Gasteiger partial charge on any atom is -0.390 e. The van der Waals surface area contributed by atoms with E-state index in [-0.39, 0.29) is 5.91 Å². The molecule has 4 heteroatoms. The number of carbonyl (C=O) groups is 1. The third kappa shape index (κ3) is 5.68. The van der Waals surface area contributed by atoms with Crippen LogP contribution in [0.2, 0.25) is 0 Å². The molecule has 0 aliphatic carbocycles. The Bertz CT molecular complexity index is 668. The van der Waals surface area contributed by atoms with Crippen LogP contribution in [0.4, 0.5) is 0 Å². The Morgan fingerprint density at radius 3 is 2.69 bits per heavy atom. The first-order valence-electron chi connectivity index (χ1n) is 9.24. The van der Waals surface area contributed by atoms with Gasteiger partial charge in [0.1, 0.15) is 0 Å². The second-order valence-corrected chi connectivity index (χ2v) is 6.75. The van der Waals surface area contributed by atoms with Crippen LogP contribution in [-0.2, 0) is 4.79 Å². The summed E-state index contributed by atoms with van der Waals surface area (Å²) in [6, 6.07) is 0. The van der Waals surface area contributed by atoms with Crippen LogP contribution in [0, 0.1) is 0 Å². The van der Waals surface area contributed by atoms with Crippen molar-refractivity contribution in [2.75, 3.05) is 32.7 Å². The highest BCUT2D eigenvalue weighted by Crippen LogP contribution is 2.22. The molecule has 0 saturated carbocycles. The van der Waals surface area contributed by atoms with Crippen LogP contribution in [0.15, 0.2) is 71.9 Å². The van der Waals surface area contributed by atoms with Gasteiger partial charge in [-0.2, -0.15) is 0 Å². The molecule has 26 heavy (non-hydrogen) atoms. The van der Waals surface area contributed by atoms with E-state index in [9.17, 15) is 9.90 Å². The molecule has 1 amide bonds. The van der Waals surface area contributed by atoms with Gasteiger partial charge in [-0.1, -0.05) is 55.2 Å². The van der Waals surface area contributed by atoms with Crippen LogP contribution < -0.4 is 0 Å². The van der Waals surface area contributed by atoms with E-state index in [1.807, 2.05) is 56.4 Å². The highest BCUT2D eigenvalue weighted by atomic mass is 16.3. The summed E-state index contributed by atoms with van der Waals surface area (Å²) < 4.78 is 0. The van der Waals surface area contributed by atoms with Crippen LogP contribution in [-0.4, -0.2) is 59.6 Å². The first kappa shape index (κ1) is 20.1. The van der Waals surface area contributed by atoms with Crippen molar-refractivity contribution in [1.29, 1.82) is 0 Å². The molecule has 0 spiro atoms. The van der Waals surface area contributed by atoms with Crippen molar-refractivity contribution >= 4 is 5.91 Å². The molecule has 2 aliphatic heterocycles. The van der Waals surface area contributed by atoms with Gasteiger partial charge in [-0.3, -0.25) is 9.69 Å². The van der Waals surface area contributed by atoms with Crippen LogP contribution in [0.3, 0.4) is 0 Å². The monoisotopic (exact) mass is 354 g/mol. The fraction of sp³-hybridized carbons (Fsp3) is 0.409. The molecule has 0 aromatic rings. The SMILES string of the molecule is C=C1/C=C\C=C/CCN(CC(O)CN2CC(/C=C\C)=C(/C=C\C)C2=O)C1. The van der Waals surface area contributed by atoms with Gasteiger partial charge < -0.3 is 10.0 Å². The predicted molar refractivity (Wildman–Crippen MR) is 108 cm³/mol. The zero-order valence-corrected chi connectivity index (χ0v) is 15.9. The van der Waals surface area contributed by atoms with E-state index in [4.69, 9.17) is 0 Å². The lowest BCUT2D eigenvalue weighted by Crippen LogP contribution is -2.42. The third-order valence-corrected chi connectivity index (χ3v) is 4.44. The Morgan fingerprint density at radius 2 is 1.96 bits per heavy atom. The topological polar surface area (TPSA) is 43.8 Å². The van der Waals surface area contributed by atoms with Gasteiger partial charge in [-0.05, 0) is 31.4 Å². The number of aliphatic hydroxyl groups excluding tert-OH is 1. The first-order valence-corrected chi connectivity index (χ1v) is 9.24. The lowest BCUT2D eigenvalue weighted by atomic mass is 10.1. The van der Waals surface area contributed by atoms with Crippen LogP contribution in [0.25, 0.3) is 0 Å². The van der Waals surface area contributed by atoms with Crippen molar-refractivity contribution in [3.63, 3.8) is 0 Å². The molecule has 2 rings (SSSR count). The summed E-state index contributed by atoms with van der Waals surface area (Å²) in [6.45, 7) is 10.9. The number of nitrogens with zero attached hydrogens (tertiary/aromatic N) is 2. The zero-order valence-electron chi connectivity index (χ0n) is 15.9. The number of amides is 1. The van der Waals surface area contributed by atoms with Gasteiger partial charge in [0, 0.05) is 38.3 Å². The standard InChI is InChI=1S/C22H30N2O2/c1-4-10-19-15-24(22(26)21(19)11-5-2)17-20(25)16-23-13-9-7-6-8-12-18(3)14-23/h4-8,10-12,20,25H,3,9,13-17H2,1-2H3/b7-6-,10-4-,11-5-,12-8-. The highest BCUT2D eigenvalue weighted by molar-refractivity contribution is 6.00. The maximum atomic E-state index is 12.6. The van der Waals surface area contributed by atoms with E-state index in [1.54, 1.807) is 4.90 Å². The van der Waals surface area contributed by atoms with E-state index in [1.165, 1.54) is 0 Å². The fourth-order valence-corrected chi connectivity index (χ4v) is 3.31. The number of rotatable bonds is 6. The second-order valence-electron chi connectivity index (χ2n) is 6.75. The fourth-order valence-electron chi connectivity index (χ4n) is 3.31. The van der Waals surface area contributed by atoms with Gasteiger partial charge in [0.25, 0.3) is 5.91 Å². The molecule has 0 bridgehead atoms. The largest absolute Gasteiger partial charge is 0.390 e. The van der Waals surface area contributed by atoms with Crippen molar-refractivity contribution < 1.29 is 9.90 Å². The Hall–Kier alpha value is -2.17. The molecule has 0 aromatic heterocycles. The summed E-state index contributed by atoms with van der Waals surface area (Å²) in [5.41, 5.74) is 2.76. The number of carbonyl (C=O) groups excluding carboxylic acids is 1. The molecule has 0 aromatic carbocycles. The van der Waals surface area contributed by atoms with E-state index in [0.717, 1.165) is 36.2 Å². The van der Waals surface area contributed by atoms with Gasteiger partial charge in [0.2, 0.25) is 0 Å². The first-order chi connectivity index (χ1) is 12.5. The van der Waals surface area contributed by atoms with E-state index in [0.29, 0.717) is 19.6 Å². The normalized spacial score (nSPS) is 23.6. The number of hydrogen-bond donors (Lipinski definition) is 1. The lowest BCUT2D eigenvalue weighted by Gasteiger charge is -2.27. The summed E-state index contributed by atoms with van der Waals surface area (Å²) in [6.07, 6.45) is 16.2. The summed E-state index contributed by atoms with van der Waals surface area (Å²) in [5.74, 6) is -0.00464. The van der Waals surface area contributed by atoms with Gasteiger partial charge >= 0.3 is 0 Å². The highest BCUT2D eigenvalue weighted by Gasteiger charge is 2.29. The Labute approximate surface area is 157 Å². The quantitative estimate of drug-likeness (QED) is 0.797. The molecule has 0 fully saturated rings. The average molecular weight is 354 g/mol. The van der Waals surface area contributed by atoms with Crippen LogP contribution in [0.5, 0.6) is 0 Å². The second kappa shape index (κ2) is 10.1. The Balaban J connectivity index is 1.96. The summed E-state index contributed by atoms with van der Waals surface area (Å²) >= 11 is 0. The molecule has 1 N–H and O–H groups in total. The van der Waals surface area contributed by atoms with Crippen molar-refractivity contribution in [2.45, 2.75) is 26.4 Å². The maximum Gasteiger partial charge on any atom is 0.254 e. The number of aliphatic hydroxyl groups is 1. The molecule has 2 heterocycles. The molecule has 2 aliphatic rings.